The number of methoxy groups -OCH3 is 2. The molecule has 10 nitrogen and oxygen atoms in total. The molecule has 292 valence electrons. The topological polar surface area (TPSA) is 136 Å². The number of hydrogen-bond acceptors (Lipinski definition) is 9. The average Bonchev–Trinajstić information content (AvgIpc) is 3.82. The van der Waals surface area contributed by atoms with Gasteiger partial charge in [-0.25, -0.2) is 4.98 Å². The summed E-state index contributed by atoms with van der Waals surface area (Å²) in [6.45, 7) is 0. The van der Waals surface area contributed by atoms with Gasteiger partial charge in [0, 0.05) is 23.0 Å². The maximum Gasteiger partial charge on any atom is 0.238 e. The van der Waals surface area contributed by atoms with Gasteiger partial charge in [-0.2, -0.15) is 0 Å². The smallest absolute Gasteiger partial charge is 0.238 e. The van der Waals surface area contributed by atoms with Crippen LogP contribution in [0.1, 0.15) is 35.4 Å². The van der Waals surface area contributed by atoms with E-state index in [-0.39, 0.29) is 53.5 Å². The van der Waals surface area contributed by atoms with E-state index in [0.29, 0.717) is 45.0 Å². The molecular formula is C49H38N2O8. The van der Waals surface area contributed by atoms with Crippen molar-refractivity contribution in [3.63, 3.8) is 0 Å². The van der Waals surface area contributed by atoms with Gasteiger partial charge in [0.05, 0.1) is 37.2 Å². The summed E-state index contributed by atoms with van der Waals surface area (Å²) in [5.41, 5.74) is 3.98. The molecule has 1 aliphatic heterocycles. The lowest BCUT2D eigenvalue weighted by Gasteiger charge is -2.55. The number of amides is 2. The number of allylic oxidation sites excluding steroid dienone is 4. The second-order valence-corrected chi connectivity index (χ2v) is 15.6. The van der Waals surface area contributed by atoms with Crippen LogP contribution in [0.25, 0.3) is 28.1 Å². The van der Waals surface area contributed by atoms with Gasteiger partial charge in [-0.15, -0.1) is 0 Å². The number of phenols is 1. The molecule has 5 aromatic carbocycles. The van der Waals surface area contributed by atoms with Crippen molar-refractivity contribution >= 4 is 45.7 Å². The highest BCUT2D eigenvalue weighted by Crippen LogP contribution is 2.64. The van der Waals surface area contributed by atoms with Crippen molar-refractivity contribution in [1.82, 2.24) is 4.98 Å². The second-order valence-electron chi connectivity index (χ2n) is 15.6. The predicted molar refractivity (Wildman–Crippen MR) is 220 cm³/mol. The SMILES string of the molecule is COc1cc(C2C3=CCC4C(=O)N(c5ccc(-c6nc7ccccc7o6)cc5)C(=O)C4C3CC3C(=O)C(c4ccccc4)=CC(=O)C32c2ccccc2)cc(OC)c1O. The minimum atomic E-state index is -1.45. The fourth-order valence-electron chi connectivity index (χ4n) is 10.3. The zero-order chi connectivity index (χ0) is 40.6. The van der Waals surface area contributed by atoms with Crippen LogP contribution in [0.4, 0.5) is 5.69 Å². The van der Waals surface area contributed by atoms with E-state index in [2.05, 4.69) is 4.98 Å². The summed E-state index contributed by atoms with van der Waals surface area (Å²) in [5, 5.41) is 11.1. The minimum absolute atomic E-state index is 0.130. The number of para-hydroxylation sites is 2. The molecule has 0 spiro atoms. The number of imide groups is 1. The molecular weight excluding hydrogens is 745 g/mol. The van der Waals surface area contributed by atoms with Gasteiger partial charge in [0.1, 0.15) is 5.52 Å². The van der Waals surface area contributed by atoms with Crippen molar-refractivity contribution in [2.24, 2.45) is 23.7 Å². The Labute approximate surface area is 339 Å². The van der Waals surface area contributed by atoms with Crippen LogP contribution in [-0.4, -0.2) is 47.7 Å². The lowest BCUT2D eigenvalue weighted by molar-refractivity contribution is -0.135. The lowest BCUT2D eigenvalue weighted by Crippen LogP contribution is -2.58. The zero-order valence-electron chi connectivity index (χ0n) is 32.2. The number of ketones is 2. The molecule has 6 unspecified atom stereocenters. The molecule has 2 heterocycles. The molecule has 2 fully saturated rings. The Kier molecular flexibility index (Phi) is 8.48. The molecule has 10 rings (SSSR count). The van der Waals surface area contributed by atoms with E-state index in [0.717, 1.165) is 11.1 Å². The van der Waals surface area contributed by atoms with E-state index in [1.54, 1.807) is 36.4 Å². The first kappa shape index (κ1) is 36.3. The number of carbonyl (C=O) groups excluding carboxylic acids is 4. The van der Waals surface area contributed by atoms with E-state index < -0.39 is 35.0 Å². The summed E-state index contributed by atoms with van der Waals surface area (Å²) in [4.78, 5) is 65.8. The molecule has 3 aliphatic carbocycles. The Hall–Kier alpha value is -7.07. The largest absolute Gasteiger partial charge is 0.502 e. The Bertz CT molecular complexity index is 2710. The van der Waals surface area contributed by atoms with E-state index in [4.69, 9.17) is 13.9 Å². The summed E-state index contributed by atoms with van der Waals surface area (Å²) >= 11 is 0. The summed E-state index contributed by atoms with van der Waals surface area (Å²) < 4.78 is 17.2. The zero-order valence-corrected chi connectivity index (χ0v) is 32.2. The normalized spacial score (nSPS) is 24.9. The first-order valence-electron chi connectivity index (χ1n) is 19.6. The number of carbonyl (C=O) groups is 4. The third kappa shape index (κ3) is 5.35. The van der Waals surface area contributed by atoms with Gasteiger partial charge < -0.3 is 19.0 Å². The Balaban J connectivity index is 1.12. The van der Waals surface area contributed by atoms with Crippen LogP contribution < -0.4 is 14.4 Å². The van der Waals surface area contributed by atoms with Gasteiger partial charge >= 0.3 is 0 Å². The highest BCUT2D eigenvalue weighted by Gasteiger charge is 2.66. The number of aromatic nitrogens is 1. The molecule has 1 aromatic heterocycles. The Morgan fingerprint density at radius 3 is 2.10 bits per heavy atom. The molecule has 2 amide bonds. The van der Waals surface area contributed by atoms with Gasteiger partial charge in [-0.3, -0.25) is 24.1 Å². The number of ether oxygens (including phenoxy) is 2. The van der Waals surface area contributed by atoms with Crippen LogP contribution >= 0.6 is 0 Å². The molecule has 1 saturated carbocycles. The van der Waals surface area contributed by atoms with Crippen LogP contribution in [0.3, 0.4) is 0 Å². The number of benzene rings is 5. The molecule has 1 saturated heterocycles. The number of rotatable bonds is 7. The van der Waals surface area contributed by atoms with Crippen molar-refractivity contribution in [2.45, 2.75) is 24.2 Å². The number of nitrogens with zero attached hydrogens (tertiary/aromatic N) is 2. The van der Waals surface area contributed by atoms with Crippen molar-refractivity contribution in [3.8, 4) is 28.7 Å². The molecule has 0 radical (unpaired) electrons. The lowest BCUT2D eigenvalue weighted by atomic mass is 9.44. The average molecular weight is 783 g/mol. The van der Waals surface area contributed by atoms with Crippen molar-refractivity contribution in [1.29, 1.82) is 0 Å². The van der Waals surface area contributed by atoms with Gasteiger partial charge in [-0.05, 0) is 90.1 Å². The summed E-state index contributed by atoms with van der Waals surface area (Å²) in [5.74, 6) is -4.47. The molecule has 4 aliphatic rings. The number of phenolic OH excluding ortho intramolecular Hbond substituents is 1. The van der Waals surface area contributed by atoms with E-state index in [9.17, 15) is 14.7 Å². The molecule has 59 heavy (non-hydrogen) atoms. The number of Topliss-reactive ketones (excluding diaryl/α,β-unsaturated/α-hetero) is 1. The van der Waals surface area contributed by atoms with Crippen molar-refractivity contribution < 1.29 is 38.2 Å². The number of anilines is 1. The predicted octanol–water partition coefficient (Wildman–Crippen LogP) is 8.25. The summed E-state index contributed by atoms with van der Waals surface area (Å²) in [7, 11) is 2.87. The Morgan fingerprint density at radius 2 is 1.42 bits per heavy atom. The molecule has 1 N–H and O–H groups in total. The minimum Gasteiger partial charge on any atom is -0.502 e. The second kappa shape index (κ2) is 13.8. The fourth-order valence-corrected chi connectivity index (χ4v) is 10.3. The summed E-state index contributed by atoms with van der Waals surface area (Å²) in [6, 6.07) is 36.3. The standard InChI is InChI=1S/C49H38N2O8/c1-57-39-23-29(24-40(58-2)45(39)54)43-32-21-22-33-42(48(56)51(47(33)55)31-19-17-28(18-20-31)46-50-37-15-9-10-16-38(37)59-46)35(32)25-36-44(53)34(27-11-5-3-6-12-27)26-41(52)49(36,43)30-13-7-4-8-14-30/h3-21,23-24,26,33,35-36,42-43,54H,22,25H2,1-2H3. The first-order valence-corrected chi connectivity index (χ1v) is 19.6. The van der Waals surface area contributed by atoms with Gasteiger partial charge in [0.25, 0.3) is 0 Å². The van der Waals surface area contributed by atoms with Gasteiger partial charge in [0.15, 0.2) is 28.6 Å². The number of oxazole rings is 1. The number of hydrogen-bond donors (Lipinski definition) is 1. The highest BCUT2D eigenvalue weighted by atomic mass is 16.5. The number of aromatic hydroxyl groups is 1. The van der Waals surface area contributed by atoms with E-state index >= 15 is 9.59 Å². The number of fused-ring (bicyclic) bond motifs is 5. The maximum absolute atomic E-state index is 15.4. The third-order valence-electron chi connectivity index (χ3n) is 12.9. The van der Waals surface area contributed by atoms with Crippen LogP contribution in [0.5, 0.6) is 17.2 Å². The fraction of sp³-hybridized carbons (Fsp3) is 0.204. The van der Waals surface area contributed by atoms with Crippen molar-refractivity contribution in [3.05, 3.63) is 156 Å². The van der Waals surface area contributed by atoms with Crippen LogP contribution in [0.2, 0.25) is 0 Å². The van der Waals surface area contributed by atoms with Crippen molar-refractivity contribution in [2.75, 3.05) is 19.1 Å². The molecule has 6 aromatic rings. The maximum atomic E-state index is 15.4. The first-order chi connectivity index (χ1) is 28.7. The molecule has 6 atom stereocenters. The van der Waals surface area contributed by atoms with Crippen LogP contribution in [-0.2, 0) is 24.6 Å². The highest BCUT2D eigenvalue weighted by molar-refractivity contribution is 6.32. The third-order valence-corrected chi connectivity index (χ3v) is 12.9. The molecule has 0 bridgehead atoms. The van der Waals surface area contributed by atoms with Crippen LogP contribution in [0.15, 0.2) is 143 Å². The molecule has 10 heteroatoms. The van der Waals surface area contributed by atoms with Gasteiger partial charge in [-0.1, -0.05) is 84.4 Å². The monoisotopic (exact) mass is 782 g/mol. The Morgan fingerprint density at radius 1 is 0.763 bits per heavy atom. The summed E-state index contributed by atoms with van der Waals surface area (Å²) in [6.07, 6.45) is 3.89. The van der Waals surface area contributed by atoms with Gasteiger partial charge in [0.2, 0.25) is 23.5 Å². The van der Waals surface area contributed by atoms with E-state index in [1.807, 2.05) is 91.0 Å². The van der Waals surface area contributed by atoms with E-state index in [1.165, 1.54) is 25.2 Å². The quantitative estimate of drug-likeness (QED) is 0.125. The van der Waals surface area contributed by atoms with Crippen LogP contribution in [0, 0.1) is 23.7 Å².